The highest BCUT2D eigenvalue weighted by molar-refractivity contribution is 7.16. The Morgan fingerprint density at radius 3 is 2.80 bits per heavy atom. The minimum absolute atomic E-state index is 0.0291. The number of aromatic nitrogens is 2. The molecule has 0 saturated heterocycles. The van der Waals surface area contributed by atoms with Crippen LogP contribution in [0.3, 0.4) is 0 Å². The zero-order valence-corrected chi connectivity index (χ0v) is 25.5. The Hall–Kier alpha value is -4.55. The average molecular weight is 630 g/mol. The van der Waals surface area contributed by atoms with Crippen LogP contribution in [-0.2, 0) is 17.8 Å². The number of anilines is 1. The molecule has 4 aromatic rings. The van der Waals surface area contributed by atoms with Gasteiger partial charge in [0.1, 0.15) is 17.0 Å². The molecule has 45 heavy (non-hydrogen) atoms. The van der Waals surface area contributed by atoms with Crippen molar-refractivity contribution in [1.29, 1.82) is 0 Å². The quantitative estimate of drug-likeness (QED) is 0.114. The lowest BCUT2D eigenvalue weighted by atomic mass is 10.1. The number of aliphatic hydroxyl groups is 2. The van der Waals surface area contributed by atoms with Crippen molar-refractivity contribution >= 4 is 33.1 Å². The molecule has 1 aliphatic rings. The maximum absolute atomic E-state index is 12.5. The molecule has 2 atom stereocenters. The van der Waals surface area contributed by atoms with E-state index in [0.717, 1.165) is 16.9 Å². The number of phenolic OH excluding ortho intramolecular Hbond substituents is 1. The molecule has 0 fully saturated rings. The molecule has 0 spiro atoms. The van der Waals surface area contributed by atoms with Gasteiger partial charge in [-0.05, 0) is 48.5 Å². The standard InChI is InChI=1S/C33H35N5O6S/c1-38(16-14-24-19-35-32(44-24)30(42)22-6-4-2-3-5-7-22)17-15-28(41)36-23-10-8-21(9-11-23)18-34-20-27(40)25-12-13-26(39)29-31(25)45-33(43)37-29/h2-4,6-13,19,27,30,34,39-40,42H,14-18,20H2,1H3,(H,36,41)(H,37,43). The SMILES string of the molecule is CN(CCC(=O)Nc1ccc(CNCC(O)c2ccc(O)c3[nH]c(=O)sc23)cc1)CCc1cnc(C(O)C2=CC=CC=C=C2)o1. The van der Waals surface area contributed by atoms with Crippen molar-refractivity contribution < 1.29 is 24.5 Å². The third kappa shape index (κ3) is 8.55. The molecule has 5 rings (SSSR count). The Morgan fingerprint density at radius 1 is 1.16 bits per heavy atom. The first-order chi connectivity index (χ1) is 21.8. The predicted octanol–water partition coefficient (Wildman–Crippen LogP) is 3.85. The summed E-state index contributed by atoms with van der Waals surface area (Å²) in [5, 5.41) is 37.3. The minimum Gasteiger partial charge on any atom is -0.506 e. The number of nitrogens with one attached hydrogen (secondary N) is 3. The molecule has 1 aliphatic carbocycles. The lowest BCUT2D eigenvalue weighted by Gasteiger charge is -2.15. The molecule has 2 aromatic carbocycles. The van der Waals surface area contributed by atoms with E-state index in [9.17, 15) is 24.9 Å². The molecule has 1 amide bonds. The van der Waals surface area contributed by atoms with Gasteiger partial charge in [0.25, 0.3) is 0 Å². The maximum Gasteiger partial charge on any atom is 0.305 e. The number of hydrogen-bond acceptors (Lipinski definition) is 10. The number of hydrogen-bond donors (Lipinski definition) is 6. The van der Waals surface area contributed by atoms with E-state index < -0.39 is 12.2 Å². The molecule has 0 aliphatic heterocycles. The van der Waals surface area contributed by atoms with Gasteiger partial charge in [-0.2, -0.15) is 0 Å². The highest BCUT2D eigenvalue weighted by Gasteiger charge is 2.18. The highest BCUT2D eigenvalue weighted by atomic mass is 32.1. The topological polar surface area (TPSA) is 164 Å². The second-order valence-electron chi connectivity index (χ2n) is 10.7. The van der Waals surface area contributed by atoms with Crippen LogP contribution in [0.4, 0.5) is 5.69 Å². The number of carbonyl (C=O) groups is 1. The highest BCUT2D eigenvalue weighted by Crippen LogP contribution is 2.31. The van der Waals surface area contributed by atoms with Crippen molar-refractivity contribution in [3.63, 3.8) is 0 Å². The summed E-state index contributed by atoms with van der Waals surface area (Å²) in [4.78, 5) is 32.8. The Balaban J connectivity index is 1.01. The van der Waals surface area contributed by atoms with Gasteiger partial charge in [0.05, 0.1) is 17.0 Å². The Kier molecular flexibility index (Phi) is 10.6. The first kappa shape index (κ1) is 31.9. The van der Waals surface area contributed by atoms with Crippen LogP contribution in [0.2, 0.25) is 0 Å². The first-order valence-electron chi connectivity index (χ1n) is 14.5. The molecule has 0 radical (unpaired) electrons. The number of oxazole rings is 1. The monoisotopic (exact) mass is 629 g/mol. The number of likely N-dealkylation sites (N-methyl/N-ethyl adjacent to an activating group) is 1. The van der Waals surface area contributed by atoms with Gasteiger partial charge in [-0.25, -0.2) is 4.98 Å². The fraction of sp³-hybridized carbons (Fsp3) is 0.273. The van der Waals surface area contributed by atoms with E-state index in [1.165, 1.54) is 6.07 Å². The largest absolute Gasteiger partial charge is 0.506 e. The summed E-state index contributed by atoms with van der Waals surface area (Å²) < 4.78 is 6.29. The number of amides is 1. The van der Waals surface area contributed by atoms with E-state index in [1.54, 1.807) is 30.5 Å². The van der Waals surface area contributed by atoms with Gasteiger partial charge >= 0.3 is 4.87 Å². The number of allylic oxidation sites excluding steroid dienone is 3. The van der Waals surface area contributed by atoms with Crippen molar-refractivity contribution in [2.75, 3.05) is 32.0 Å². The molecule has 6 N–H and O–H groups in total. The number of thiazole rings is 1. The molecular weight excluding hydrogens is 594 g/mol. The zero-order valence-electron chi connectivity index (χ0n) is 24.7. The molecule has 234 valence electrons. The number of H-pyrrole nitrogens is 1. The van der Waals surface area contributed by atoms with Gasteiger partial charge in [-0.3, -0.25) is 9.59 Å². The number of aromatic hydroxyl groups is 1. The Bertz CT molecular complexity index is 1810. The third-order valence-electron chi connectivity index (χ3n) is 7.28. The van der Waals surface area contributed by atoms with E-state index in [4.69, 9.17) is 4.42 Å². The van der Waals surface area contributed by atoms with Gasteiger partial charge in [0, 0.05) is 50.3 Å². The van der Waals surface area contributed by atoms with Crippen LogP contribution in [0.5, 0.6) is 5.75 Å². The number of carbonyl (C=O) groups excluding carboxylic acids is 1. The van der Waals surface area contributed by atoms with E-state index in [0.29, 0.717) is 65.3 Å². The van der Waals surface area contributed by atoms with Crippen LogP contribution >= 0.6 is 11.3 Å². The van der Waals surface area contributed by atoms with Gasteiger partial charge < -0.3 is 40.3 Å². The molecule has 2 heterocycles. The van der Waals surface area contributed by atoms with Crippen molar-refractivity contribution in [1.82, 2.24) is 20.2 Å². The summed E-state index contributed by atoms with van der Waals surface area (Å²) in [6.07, 6.45) is 9.59. The number of fused-ring (bicyclic) bond motifs is 1. The van der Waals surface area contributed by atoms with Gasteiger partial charge in [0.2, 0.25) is 11.8 Å². The molecule has 0 saturated carbocycles. The first-order valence-corrected chi connectivity index (χ1v) is 15.3. The third-order valence-corrected chi connectivity index (χ3v) is 8.21. The summed E-state index contributed by atoms with van der Waals surface area (Å²) in [7, 11) is 1.93. The number of benzene rings is 2. The summed E-state index contributed by atoms with van der Waals surface area (Å²) in [6.45, 7) is 1.97. The number of phenols is 1. The van der Waals surface area contributed by atoms with Gasteiger partial charge in [-0.1, -0.05) is 47.8 Å². The zero-order chi connectivity index (χ0) is 31.8. The fourth-order valence-electron chi connectivity index (χ4n) is 4.75. The summed E-state index contributed by atoms with van der Waals surface area (Å²) in [5.41, 5.74) is 6.17. The van der Waals surface area contributed by atoms with E-state index in [2.05, 4.69) is 26.3 Å². The lowest BCUT2D eigenvalue weighted by Crippen LogP contribution is -2.26. The predicted molar refractivity (Wildman–Crippen MR) is 173 cm³/mol. The van der Waals surface area contributed by atoms with E-state index >= 15 is 0 Å². The smallest absolute Gasteiger partial charge is 0.305 e. The summed E-state index contributed by atoms with van der Waals surface area (Å²) in [6, 6.07) is 10.5. The second kappa shape index (κ2) is 15.0. The fourth-order valence-corrected chi connectivity index (χ4v) is 5.67. The van der Waals surface area contributed by atoms with Crippen LogP contribution in [0.1, 0.15) is 41.4 Å². The van der Waals surface area contributed by atoms with E-state index in [1.807, 2.05) is 48.4 Å². The van der Waals surface area contributed by atoms with Crippen LogP contribution in [-0.4, -0.2) is 62.8 Å². The molecule has 12 heteroatoms. The van der Waals surface area contributed by atoms with Crippen LogP contribution in [0.15, 0.2) is 93.5 Å². The molecule has 2 aromatic heterocycles. The van der Waals surface area contributed by atoms with Crippen LogP contribution in [0.25, 0.3) is 10.2 Å². The Labute approximate surface area is 263 Å². The summed E-state index contributed by atoms with van der Waals surface area (Å²) >= 11 is 0.954. The second-order valence-corrected chi connectivity index (χ2v) is 11.7. The normalized spacial score (nSPS) is 14.1. The van der Waals surface area contributed by atoms with Crippen molar-refractivity contribution in [3.8, 4) is 5.75 Å². The van der Waals surface area contributed by atoms with Gasteiger partial charge in [-0.15, -0.1) is 5.73 Å². The Morgan fingerprint density at radius 2 is 1.98 bits per heavy atom. The molecule has 11 nitrogen and oxygen atoms in total. The van der Waals surface area contributed by atoms with Gasteiger partial charge in [0.15, 0.2) is 6.10 Å². The van der Waals surface area contributed by atoms with Crippen molar-refractivity contribution in [2.24, 2.45) is 0 Å². The number of rotatable bonds is 14. The van der Waals surface area contributed by atoms with Crippen molar-refractivity contribution in [3.05, 3.63) is 117 Å². The number of aliphatic hydroxyl groups excluding tert-OH is 2. The number of aromatic amines is 1. The van der Waals surface area contributed by atoms with Crippen LogP contribution in [0, 0.1) is 0 Å². The minimum atomic E-state index is -0.967. The lowest BCUT2D eigenvalue weighted by molar-refractivity contribution is -0.116. The van der Waals surface area contributed by atoms with Crippen molar-refractivity contribution in [2.45, 2.75) is 31.6 Å². The maximum atomic E-state index is 12.5. The molecular formula is C33H35N5O6S. The number of nitrogens with zero attached hydrogens (tertiary/aromatic N) is 2. The molecule has 0 bridgehead atoms. The summed E-state index contributed by atoms with van der Waals surface area (Å²) in [5.74, 6) is 0.767. The van der Waals surface area contributed by atoms with E-state index in [-0.39, 0.29) is 29.0 Å². The molecule has 2 unspecified atom stereocenters. The van der Waals surface area contributed by atoms with Crippen LogP contribution < -0.4 is 15.5 Å². The average Bonchev–Trinajstić information content (AvgIpc) is 3.57.